The van der Waals surface area contributed by atoms with Gasteiger partial charge in [0, 0.05) is 30.4 Å². The van der Waals surface area contributed by atoms with Crippen LogP contribution in [0, 0.1) is 17.6 Å². The van der Waals surface area contributed by atoms with Crippen LogP contribution in [0.25, 0.3) is 0 Å². The lowest BCUT2D eigenvalue weighted by Crippen LogP contribution is -2.64. The summed E-state index contributed by atoms with van der Waals surface area (Å²) in [6, 6.07) is 3.70. The number of benzene rings is 1. The SMILES string of the molecule is CCCC1C2CC[N+]1(C(C)C(O)(Cn1cncn1)c1ccc(F)cc1F)CC2. The summed E-state index contributed by atoms with van der Waals surface area (Å²) in [5.74, 6) is -0.680. The molecule has 5 nitrogen and oxygen atoms in total. The molecule has 0 aliphatic carbocycles. The average Bonchev–Trinajstić information content (AvgIpc) is 3.38. The normalized spacial score (nSPS) is 29.8. The van der Waals surface area contributed by atoms with Crippen LogP contribution < -0.4 is 0 Å². The number of rotatable bonds is 7. The summed E-state index contributed by atoms with van der Waals surface area (Å²) in [6.45, 7) is 6.30. The van der Waals surface area contributed by atoms with Crippen LogP contribution >= 0.6 is 0 Å². The maximum Gasteiger partial charge on any atom is 0.163 e. The Morgan fingerprint density at radius 1 is 1.32 bits per heavy atom. The van der Waals surface area contributed by atoms with Crippen LogP contribution in [-0.4, -0.2) is 49.5 Å². The Morgan fingerprint density at radius 2 is 2.07 bits per heavy atom. The van der Waals surface area contributed by atoms with E-state index in [4.69, 9.17) is 0 Å². The Morgan fingerprint density at radius 3 is 2.68 bits per heavy atom. The third-order valence-corrected chi connectivity index (χ3v) is 7.35. The predicted octanol–water partition coefficient (Wildman–Crippen LogP) is 3.24. The van der Waals surface area contributed by atoms with Gasteiger partial charge in [-0.2, -0.15) is 5.10 Å². The molecule has 3 heterocycles. The van der Waals surface area contributed by atoms with Gasteiger partial charge in [-0.05, 0) is 25.5 Å². The van der Waals surface area contributed by atoms with E-state index in [1.165, 1.54) is 29.5 Å². The lowest BCUT2D eigenvalue weighted by atomic mass is 9.83. The maximum atomic E-state index is 14.9. The molecule has 1 N–H and O–H groups in total. The third kappa shape index (κ3) is 2.95. The molecular weight excluding hydrogens is 362 g/mol. The van der Waals surface area contributed by atoms with E-state index in [0.29, 0.717) is 12.0 Å². The van der Waals surface area contributed by atoms with Gasteiger partial charge in [0.1, 0.15) is 30.3 Å². The van der Waals surface area contributed by atoms with Gasteiger partial charge in [-0.15, -0.1) is 0 Å². The smallest absolute Gasteiger partial charge is 0.163 e. The van der Waals surface area contributed by atoms with E-state index in [0.717, 1.165) is 49.3 Å². The van der Waals surface area contributed by atoms with Gasteiger partial charge in [0.25, 0.3) is 0 Å². The van der Waals surface area contributed by atoms with E-state index in [9.17, 15) is 13.9 Å². The number of hydrogen-bond donors (Lipinski definition) is 1. The summed E-state index contributed by atoms with van der Waals surface area (Å²) in [5, 5.41) is 16.1. The second-order valence-corrected chi connectivity index (χ2v) is 8.56. The van der Waals surface area contributed by atoms with E-state index in [2.05, 4.69) is 17.0 Å². The minimum atomic E-state index is -1.52. The fourth-order valence-electron chi connectivity index (χ4n) is 5.94. The van der Waals surface area contributed by atoms with Gasteiger partial charge in [-0.3, -0.25) is 0 Å². The van der Waals surface area contributed by atoms with Crippen LogP contribution in [0.2, 0.25) is 0 Å². The molecular formula is C21H29F2N4O+. The van der Waals surface area contributed by atoms with E-state index >= 15 is 0 Å². The van der Waals surface area contributed by atoms with Crippen molar-refractivity contribution in [3.63, 3.8) is 0 Å². The summed E-state index contributed by atoms with van der Waals surface area (Å²) in [6.07, 6.45) is 7.45. The highest BCUT2D eigenvalue weighted by Gasteiger charge is 2.61. The molecule has 2 aliphatic rings. The molecule has 2 fully saturated rings. The number of nitrogens with zero attached hydrogens (tertiary/aromatic N) is 4. The third-order valence-electron chi connectivity index (χ3n) is 7.35. The number of fused-ring (bicyclic) bond motifs is 2. The molecule has 152 valence electrons. The van der Waals surface area contributed by atoms with Gasteiger partial charge < -0.3 is 9.59 Å². The molecule has 0 saturated carbocycles. The molecule has 2 aliphatic heterocycles. The molecule has 28 heavy (non-hydrogen) atoms. The zero-order chi connectivity index (χ0) is 19.9. The van der Waals surface area contributed by atoms with Crippen molar-refractivity contribution in [3.8, 4) is 0 Å². The van der Waals surface area contributed by atoms with Crippen LogP contribution in [0.5, 0.6) is 0 Å². The Kier molecular flexibility index (Phi) is 5.00. The lowest BCUT2D eigenvalue weighted by Gasteiger charge is -2.49. The number of halogens is 2. The van der Waals surface area contributed by atoms with Crippen LogP contribution in [-0.2, 0) is 12.1 Å². The summed E-state index contributed by atoms with van der Waals surface area (Å²) in [7, 11) is 0. The largest absolute Gasteiger partial charge is 0.377 e. The van der Waals surface area contributed by atoms with Gasteiger partial charge in [-0.25, -0.2) is 18.4 Å². The standard InChI is InChI=1S/C21H29F2N4O/c1-3-4-20-16-7-9-27(20,10-8-16)15(2)21(28,12-26-14-24-13-25-26)18-6-5-17(22)11-19(18)23/h5-6,11,13-16,20,28H,3-4,7-10,12H2,1-2H3/q+1. The molecule has 4 rings (SSSR count). The minimum absolute atomic E-state index is 0.0836. The number of quaternary nitrogens is 1. The average molecular weight is 391 g/mol. The van der Waals surface area contributed by atoms with Gasteiger partial charge in [0.2, 0.25) is 0 Å². The Hall–Kier alpha value is -1.86. The Labute approximate surface area is 164 Å². The topological polar surface area (TPSA) is 50.9 Å². The molecule has 2 bridgehead atoms. The van der Waals surface area contributed by atoms with Crippen molar-refractivity contribution in [1.29, 1.82) is 0 Å². The molecule has 0 amide bonds. The van der Waals surface area contributed by atoms with Crippen molar-refractivity contribution >= 4 is 0 Å². The highest BCUT2D eigenvalue weighted by molar-refractivity contribution is 5.26. The van der Waals surface area contributed by atoms with E-state index < -0.39 is 17.2 Å². The minimum Gasteiger partial charge on any atom is -0.377 e. The van der Waals surface area contributed by atoms with Crippen LogP contribution in [0.1, 0.15) is 45.1 Å². The second kappa shape index (κ2) is 7.19. The number of aliphatic hydroxyl groups is 1. The van der Waals surface area contributed by atoms with Crippen molar-refractivity contribution in [2.75, 3.05) is 13.1 Å². The molecule has 0 radical (unpaired) electrons. The Balaban J connectivity index is 1.79. The first-order valence-corrected chi connectivity index (χ1v) is 10.3. The summed E-state index contributed by atoms with van der Waals surface area (Å²) in [4.78, 5) is 3.97. The molecule has 7 heteroatoms. The monoisotopic (exact) mass is 391 g/mol. The summed E-state index contributed by atoms with van der Waals surface area (Å²) >= 11 is 0. The quantitative estimate of drug-likeness (QED) is 0.738. The number of hydrogen-bond acceptors (Lipinski definition) is 3. The molecule has 2 aromatic rings. The van der Waals surface area contributed by atoms with Crippen molar-refractivity contribution in [1.82, 2.24) is 14.8 Å². The fraction of sp³-hybridized carbons (Fsp3) is 0.619. The van der Waals surface area contributed by atoms with Crippen LogP contribution in [0.3, 0.4) is 0 Å². The van der Waals surface area contributed by atoms with Gasteiger partial charge in [0.05, 0.1) is 25.7 Å². The summed E-state index contributed by atoms with van der Waals surface area (Å²) in [5.41, 5.74) is -1.38. The lowest BCUT2D eigenvalue weighted by molar-refractivity contribution is -0.960. The fourth-order valence-corrected chi connectivity index (χ4v) is 5.94. The highest BCUT2D eigenvalue weighted by atomic mass is 19.1. The second-order valence-electron chi connectivity index (χ2n) is 8.56. The molecule has 3 unspecified atom stereocenters. The van der Waals surface area contributed by atoms with Crippen molar-refractivity contribution in [2.45, 2.75) is 63.8 Å². The first kappa shape index (κ1) is 19.5. The number of piperidine rings is 1. The molecule has 1 aromatic heterocycles. The van der Waals surface area contributed by atoms with E-state index in [1.54, 1.807) is 0 Å². The van der Waals surface area contributed by atoms with E-state index in [1.807, 2.05) is 6.92 Å². The van der Waals surface area contributed by atoms with E-state index in [-0.39, 0.29) is 18.2 Å². The van der Waals surface area contributed by atoms with Crippen LogP contribution in [0.15, 0.2) is 30.9 Å². The van der Waals surface area contributed by atoms with Crippen LogP contribution in [0.4, 0.5) is 8.78 Å². The van der Waals surface area contributed by atoms with Crippen molar-refractivity contribution < 1.29 is 18.4 Å². The van der Waals surface area contributed by atoms with Crippen molar-refractivity contribution in [3.05, 3.63) is 48.1 Å². The molecule has 0 spiro atoms. The maximum absolute atomic E-state index is 14.9. The van der Waals surface area contributed by atoms with Crippen molar-refractivity contribution in [2.24, 2.45) is 5.92 Å². The molecule has 3 atom stereocenters. The predicted molar refractivity (Wildman–Crippen MR) is 101 cm³/mol. The zero-order valence-corrected chi connectivity index (χ0v) is 16.6. The van der Waals surface area contributed by atoms with Gasteiger partial charge >= 0.3 is 0 Å². The van der Waals surface area contributed by atoms with Gasteiger partial charge in [0.15, 0.2) is 5.60 Å². The number of aromatic nitrogens is 3. The molecule has 2 saturated heterocycles. The molecule has 1 aromatic carbocycles. The highest BCUT2D eigenvalue weighted by Crippen LogP contribution is 2.49. The Bertz CT molecular complexity index is 820. The first-order chi connectivity index (χ1) is 13.4. The zero-order valence-electron chi connectivity index (χ0n) is 16.6. The first-order valence-electron chi connectivity index (χ1n) is 10.3. The summed E-state index contributed by atoms with van der Waals surface area (Å²) < 4.78 is 30.8. The van der Waals surface area contributed by atoms with Gasteiger partial charge in [-0.1, -0.05) is 13.3 Å².